The first-order valence-corrected chi connectivity index (χ1v) is 9.81. The third-order valence-corrected chi connectivity index (χ3v) is 5.94. The lowest BCUT2D eigenvalue weighted by molar-refractivity contribution is -0.138. The van der Waals surface area contributed by atoms with Crippen LogP contribution in [0.5, 0.6) is 0 Å². The third kappa shape index (κ3) is 4.10. The fourth-order valence-electron chi connectivity index (χ4n) is 3.09. The number of hydrogen-bond donors (Lipinski definition) is 1. The predicted octanol–water partition coefficient (Wildman–Crippen LogP) is 3.58. The molecule has 1 aliphatic rings. The van der Waals surface area contributed by atoms with Crippen LogP contribution in [0.2, 0.25) is 0 Å². The number of benzene rings is 2. The Kier molecular flexibility index (Phi) is 5.67. The minimum atomic E-state index is -0.436. The van der Waals surface area contributed by atoms with E-state index in [2.05, 4.69) is 5.32 Å². The molecule has 2 aromatic rings. The number of nitrogens with one attached hydrogen (secondary N) is 1. The predicted molar refractivity (Wildman–Crippen MR) is 106 cm³/mol. The Bertz CT molecular complexity index is 787. The van der Waals surface area contributed by atoms with Gasteiger partial charge in [0.15, 0.2) is 0 Å². The van der Waals surface area contributed by atoms with Crippen molar-refractivity contribution >= 4 is 23.6 Å². The molecule has 1 heterocycles. The first-order chi connectivity index (χ1) is 12.5. The molecule has 1 saturated heterocycles. The van der Waals surface area contributed by atoms with Crippen LogP contribution in [0.3, 0.4) is 0 Å². The topological polar surface area (TPSA) is 49.4 Å². The number of aryl methyl sites for hydroxylation is 2. The van der Waals surface area contributed by atoms with Gasteiger partial charge in [0.2, 0.25) is 11.8 Å². The van der Waals surface area contributed by atoms with E-state index in [0.717, 1.165) is 11.1 Å². The van der Waals surface area contributed by atoms with Crippen LogP contribution < -0.4 is 5.32 Å². The summed E-state index contributed by atoms with van der Waals surface area (Å²) >= 11 is 1.64. The summed E-state index contributed by atoms with van der Waals surface area (Å²) in [4.78, 5) is 26.7. The molecule has 1 N–H and O–H groups in total. The lowest BCUT2D eigenvalue weighted by Gasteiger charge is -2.28. The first-order valence-electron chi connectivity index (χ1n) is 8.76. The Morgan fingerprint density at radius 1 is 1.04 bits per heavy atom. The zero-order valence-corrected chi connectivity index (χ0v) is 16.2. The number of hydrogen-bond acceptors (Lipinski definition) is 3. The van der Waals surface area contributed by atoms with Crippen LogP contribution in [-0.2, 0) is 16.1 Å². The molecular formula is C21H24N2O2S. The van der Waals surface area contributed by atoms with Crippen molar-refractivity contribution in [1.29, 1.82) is 0 Å². The number of amides is 2. The molecule has 0 bridgehead atoms. The first kappa shape index (κ1) is 18.5. The van der Waals surface area contributed by atoms with Crippen LogP contribution in [0.25, 0.3) is 0 Å². The maximum atomic E-state index is 12.7. The summed E-state index contributed by atoms with van der Waals surface area (Å²) in [5.41, 5.74) is 4.48. The van der Waals surface area contributed by atoms with Gasteiger partial charge < -0.3 is 10.2 Å². The molecule has 0 unspecified atom stereocenters. The monoisotopic (exact) mass is 368 g/mol. The highest BCUT2D eigenvalue weighted by atomic mass is 32.2. The third-order valence-electron chi connectivity index (χ3n) is 4.62. The smallest absolute Gasteiger partial charge is 0.243 e. The van der Waals surface area contributed by atoms with E-state index in [-0.39, 0.29) is 17.2 Å². The molecule has 0 radical (unpaired) electrons. The van der Waals surface area contributed by atoms with Crippen molar-refractivity contribution in [3.8, 4) is 0 Å². The number of thioether (sulfide) groups is 1. The molecule has 26 heavy (non-hydrogen) atoms. The average Bonchev–Trinajstić information content (AvgIpc) is 3.07. The van der Waals surface area contributed by atoms with Gasteiger partial charge in [-0.15, -0.1) is 11.8 Å². The van der Waals surface area contributed by atoms with Gasteiger partial charge >= 0.3 is 0 Å². The second kappa shape index (κ2) is 7.96. The molecule has 0 spiro atoms. The van der Waals surface area contributed by atoms with E-state index in [0.29, 0.717) is 12.3 Å². The van der Waals surface area contributed by atoms with Gasteiger partial charge in [-0.1, -0.05) is 59.7 Å². The summed E-state index contributed by atoms with van der Waals surface area (Å²) < 4.78 is 0. The summed E-state index contributed by atoms with van der Waals surface area (Å²) in [5, 5.41) is 2.87. The molecule has 4 nitrogen and oxygen atoms in total. The zero-order valence-electron chi connectivity index (χ0n) is 15.4. The van der Waals surface area contributed by atoms with Crippen LogP contribution in [-0.4, -0.2) is 28.5 Å². The number of rotatable bonds is 4. The van der Waals surface area contributed by atoms with Crippen molar-refractivity contribution in [2.75, 3.05) is 5.75 Å². The fraction of sp³-hybridized carbons (Fsp3) is 0.333. The van der Waals surface area contributed by atoms with Gasteiger partial charge in [-0.25, -0.2) is 0 Å². The lowest BCUT2D eigenvalue weighted by atomic mass is 10.1. The summed E-state index contributed by atoms with van der Waals surface area (Å²) in [6.07, 6.45) is 0. The molecule has 0 aliphatic carbocycles. The van der Waals surface area contributed by atoms with Gasteiger partial charge in [0.25, 0.3) is 0 Å². The molecular weight excluding hydrogens is 344 g/mol. The maximum absolute atomic E-state index is 12.7. The molecule has 0 saturated carbocycles. The Balaban J connectivity index is 1.70. The van der Waals surface area contributed by atoms with E-state index in [9.17, 15) is 9.59 Å². The van der Waals surface area contributed by atoms with Crippen molar-refractivity contribution in [3.05, 3.63) is 70.8 Å². The highest BCUT2D eigenvalue weighted by Crippen LogP contribution is 2.41. The van der Waals surface area contributed by atoms with Crippen molar-refractivity contribution in [1.82, 2.24) is 10.2 Å². The highest BCUT2D eigenvalue weighted by molar-refractivity contribution is 7.99. The van der Waals surface area contributed by atoms with E-state index in [4.69, 9.17) is 0 Å². The summed E-state index contributed by atoms with van der Waals surface area (Å²) in [7, 11) is 0. The summed E-state index contributed by atoms with van der Waals surface area (Å²) in [6.45, 7) is 6.08. The van der Waals surface area contributed by atoms with Gasteiger partial charge in [0, 0.05) is 19.2 Å². The quantitative estimate of drug-likeness (QED) is 0.897. The number of nitrogens with zero attached hydrogens (tertiary/aromatic N) is 1. The van der Waals surface area contributed by atoms with Crippen LogP contribution in [0, 0.1) is 13.8 Å². The Morgan fingerprint density at radius 2 is 1.62 bits per heavy atom. The van der Waals surface area contributed by atoms with Crippen LogP contribution in [0.4, 0.5) is 0 Å². The lowest BCUT2D eigenvalue weighted by Crippen LogP contribution is -2.47. The van der Waals surface area contributed by atoms with Gasteiger partial charge in [0.05, 0.1) is 0 Å². The Hall–Kier alpha value is -2.27. The maximum Gasteiger partial charge on any atom is 0.243 e. The minimum Gasteiger partial charge on any atom is -0.350 e. The van der Waals surface area contributed by atoms with E-state index >= 15 is 0 Å². The SMILES string of the molecule is CC(=O)N1[C@H](C(=O)NCc2ccc(C)cc2)CS[C@H]1c1ccc(C)cc1. The van der Waals surface area contributed by atoms with Crippen molar-refractivity contribution in [2.24, 2.45) is 0 Å². The number of carbonyl (C=O) groups excluding carboxylic acids is 2. The van der Waals surface area contributed by atoms with Gasteiger partial charge in [-0.05, 0) is 25.0 Å². The summed E-state index contributed by atoms with van der Waals surface area (Å²) in [6, 6.07) is 15.8. The molecule has 0 aromatic heterocycles. The number of carbonyl (C=O) groups is 2. The molecule has 3 rings (SSSR count). The van der Waals surface area contributed by atoms with E-state index < -0.39 is 6.04 Å². The van der Waals surface area contributed by atoms with Crippen LogP contribution in [0.1, 0.15) is 34.6 Å². The average molecular weight is 369 g/mol. The van der Waals surface area contributed by atoms with E-state index in [1.807, 2.05) is 62.4 Å². The normalized spacial score (nSPS) is 19.4. The second-order valence-corrected chi connectivity index (χ2v) is 7.86. The molecule has 1 aliphatic heterocycles. The van der Waals surface area contributed by atoms with Gasteiger partial charge in [-0.2, -0.15) is 0 Å². The van der Waals surface area contributed by atoms with Crippen molar-refractivity contribution in [3.63, 3.8) is 0 Å². The molecule has 5 heteroatoms. The van der Waals surface area contributed by atoms with E-state index in [1.165, 1.54) is 18.1 Å². The molecule has 136 valence electrons. The Morgan fingerprint density at radius 3 is 2.19 bits per heavy atom. The largest absolute Gasteiger partial charge is 0.350 e. The molecule has 2 amide bonds. The van der Waals surface area contributed by atoms with Gasteiger partial charge in [0.1, 0.15) is 11.4 Å². The van der Waals surface area contributed by atoms with Gasteiger partial charge in [-0.3, -0.25) is 9.59 Å². The standard InChI is InChI=1S/C21H24N2O2S/c1-14-4-8-17(9-5-14)12-22-20(25)19-13-26-21(23(19)16(3)24)18-10-6-15(2)7-11-18/h4-11,19,21H,12-13H2,1-3H3,(H,22,25)/t19-,21-/m0/s1. The summed E-state index contributed by atoms with van der Waals surface area (Å²) in [5.74, 6) is 0.441. The second-order valence-electron chi connectivity index (χ2n) is 6.74. The highest BCUT2D eigenvalue weighted by Gasteiger charge is 2.40. The fourth-order valence-corrected chi connectivity index (χ4v) is 4.58. The molecule has 2 aromatic carbocycles. The van der Waals surface area contributed by atoms with Crippen LogP contribution >= 0.6 is 11.8 Å². The zero-order chi connectivity index (χ0) is 18.7. The van der Waals surface area contributed by atoms with E-state index in [1.54, 1.807) is 16.7 Å². The minimum absolute atomic E-state index is 0.0731. The molecule has 1 fully saturated rings. The van der Waals surface area contributed by atoms with Crippen LogP contribution in [0.15, 0.2) is 48.5 Å². The van der Waals surface area contributed by atoms with Crippen molar-refractivity contribution < 1.29 is 9.59 Å². The molecule has 2 atom stereocenters. The van der Waals surface area contributed by atoms with Crippen molar-refractivity contribution in [2.45, 2.75) is 38.7 Å². The Labute approximate surface area is 159 Å².